The Labute approximate surface area is 184 Å². The summed E-state index contributed by atoms with van der Waals surface area (Å²) in [6, 6.07) is 14.1. The molecule has 9 heteroatoms. The predicted octanol–water partition coefficient (Wildman–Crippen LogP) is 5.45. The molecule has 5 nitrogen and oxygen atoms in total. The third-order valence-electron chi connectivity index (χ3n) is 5.75. The Bertz CT molecular complexity index is 1470. The molecule has 0 amide bonds. The summed E-state index contributed by atoms with van der Waals surface area (Å²) in [4.78, 5) is 2.79. The van der Waals surface area contributed by atoms with Crippen LogP contribution in [-0.2, 0) is 5.60 Å². The van der Waals surface area contributed by atoms with Gasteiger partial charge in [-0.25, -0.2) is 9.07 Å². The molecule has 1 unspecified atom stereocenters. The first-order valence-corrected chi connectivity index (χ1v) is 9.91. The van der Waals surface area contributed by atoms with E-state index in [1.54, 1.807) is 6.07 Å². The topological polar surface area (TPSA) is 63.1 Å². The quantitative estimate of drug-likeness (QED) is 0.354. The second kappa shape index (κ2) is 7.35. The van der Waals surface area contributed by atoms with E-state index >= 15 is 0 Å². The van der Waals surface area contributed by atoms with Gasteiger partial charge in [0.2, 0.25) is 5.60 Å². The highest BCUT2D eigenvalue weighted by Gasteiger charge is 2.57. The molecule has 0 aliphatic heterocycles. The fraction of sp³-hybridized carbons (Fsp3) is 0.125. The van der Waals surface area contributed by atoms with Crippen molar-refractivity contribution in [2.75, 3.05) is 7.11 Å². The van der Waals surface area contributed by atoms with Gasteiger partial charge in [0.05, 0.1) is 24.5 Å². The van der Waals surface area contributed by atoms with Crippen LogP contribution in [0.5, 0.6) is 5.75 Å². The zero-order valence-corrected chi connectivity index (χ0v) is 17.2. The highest BCUT2D eigenvalue weighted by molar-refractivity contribution is 5.87. The molecule has 0 aliphatic rings. The van der Waals surface area contributed by atoms with E-state index in [1.807, 2.05) is 0 Å². The van der Waals surface area contributed by atoms with Gasteiger partial charge in [0, 0.05) is 34.1 Å². The first-order valence-electron chi connectivity index (χ1n) is 9.91. The van der Waals surface area contributed by atoms with Crippen molar-refractivity contribution in [2.24, 2.45) is 0 Å². The van der Waals surface area contributed by atoms with Gasteiger partial charge < -0.3 is 14.8 Å². The summed E-state index contributed by atoms with van der Waals surface area (Å²) < 4.78 is 63.0. The van der Waals surface area contributed by atoms with Crippen molar-refractivity contribution in [1.29, 1.82) is 0 Å². The van der Waals surface area contributed by atoms with E-state index in [2.05, 4.69) is 10.1 Å². The van der Waals surface area contributed by atoms with Crippen molar-refractivity contribution in [2.45, 2.75) is 11.8 Å². The van der Waals surface area contributed by atoms with Crippen LogP contribution in [0.1, 0.15) is 11.1 Å². The molecule has 0 aliphatic carbocycles. The molecule has 3 aromatic carbocycles. The average Bonchev–Trinajstić information content (AvgIpc) is 3.42. The zero-order chi connectivity index (χ0) is 23.4. The monoisotopic (exact) mass is 455 g/mol. The number of hydrogen-bond donors (Lipinski definition) is 2. The number of rotatable bonds is 4. The first kappa shape index (κ1) is 21.0. The third kappa shape index (κ3) is 3.23. The van der Waals surface area contributed by atoms with Gasteiger partial charge in [-0.1, -0.05) is 6.07 Å². The van der Waals surface area contributed by atoms with Gasteiger partial charge in [-0.3, -0.25) is 0 Å². The fourth-order valence-electron chi connectivity index (χ4n) is 4.05. The van der Waals surface area contributed by atoms with Crippen molar-refractivity contribution < 1.29 is 27.4 Å². The summed E-state index contributed by atoms with van der Waals surface area (Å²) in [6.07, 6.45) is -2.45. The number of aromatic nitrogens is 3. The van der Waals surface area contributed by atoms with Crippen LogP contribution in [0.25, 0.3) is 27.5 Å². The van der Waals surface area contributed by atoms with Crippen molar-refractivity contribution in [3.8, 4) is 11.4 Å². The lowest BCUT2D eigenvalue weighted by Gasteiger charge is -2.31. The van der Waals surface area contributed by atoms with Gasteiger partial charge in [0.1, 0.15) is 11.6 Å². The van der Waals surface area contributed by atoms with Gasteiger partial charge in [0.25, 0.3) is 0 Å². The van der Waals surface area contributed by atoms with E-state index in [-0.39, 0.29) is 16.5 Å². The van der Waals surface area contributed by atoms with Crippen LogP contribution in [0.15, 0.2) is 73.1 Å². The van der Waals surface area contributed by atoms with E-state index in [0.717, 1.165) is 6.20 Å². The third-order valence-corrected chi connectivity index (χ3v) is 5.75. The van der Waals surface area contributed by atoms with Crippen LogP contribution in [0.4, 0.5) is 17.6 Å². The number of methoxy groups -OCH3 is 1. The number of aromatic amines is 1. The van der Waals surface area contributed by atoms with Crippen molar-refractivity contribution >= 4 is 21.8 Å². The molecule has 0 saturated heterocycles. The smallest absolute Gasteiger partial charge is 0.425 e. The number of fused-ring (bicyclic) bond motifs is 2. The van der Waals surface area contributed by atoms with Crippen molar-refractivity contribution in [1.82, 2.24) is 14.8 Å². The lowest BCUT2D eigenvalue weighted by atomic mass is 9.85. The number of benzene rings is 3. The summed E-state index contributed by atoms with van der Waals surface area (Å²) in [5.74, 6) is 0.0603. The van der Waals surface area contributed by atoms with E-state index < -0.39 is 17.6 Å². The fourth-order valence-corrected chi connectivity index (χ4v) is 4.05. The van der Waals surface area contributed by atoms with E-state index in [1.165, 1.54) is 72.6 Å². The second-order valence-electron chi connectivity index (χ2n) is 7.63. The summed E-state index contributed by atoms with van der Waals surface area (Å²) in [6.45, 7) is 0. The SMILES string of the molecule is COc1ccc2c(C(O)(c3ccc4c(cnn4-c4ccc(F)cc4)c3)C(F)(F)F)c[nH]c2c1. The maximum absolute atomic E-state index is 14.4. The molecular formula is C24H17F4N3O2. The van der Waals surface area contributed by atoms with Gasteiger partial charge in [-0.15, -0.1) is 0 Å². The molecule has 0 saturated carbocycles. The number of nitrogens with zero attached hydrogens (tertiary/aromatic N) is 2. The van der Waals surface area contributed by atoms with E-state index in [0.29, 0.717) is 27.9 Å². The number of halogens is 4. The highest BCUT2D eigenvalue weighted by Crippen LogP contribution is 2.47. The maximum atomic E-state index is 14.4. The summed E-state index contributed by atoms with van der Waals surface area (Å²) in [7, 11) is 1.46. The summed E-state index contributed by atoms with van der Waals surface area (Å²) in [5.41, 5.74) is -2.48. The molecule has 5 aromatic rings. The number of H-pyrrole nitrogens is 1. The maximum Gasteiger partial charge on any atom is 0.425 e. The minimum Gasteiger partial charge on any atom is -0.497 e. The van der Waals surface area contributed by atoms with Crippen molar-refractivity contribution in [3.63, 3.8) is 0 Å². The Kier molecular flexibility index (Phi) is 4.68. The van der Waals surface area contributed by atoms with Crippen LogP contribution in [0.2, 0.25) is 0 Å². The number of aliphatic hydroxyl groups is 1. The number of ether oxygens (including phenoxy) is 1. The molecular weight excluding hydrogens is 438 g/mol. The minimum atomic E-state index is -5.01. The molecule has 0 radical (unpaired) electrons. The average molecular weight is 455 g/mol. The predicted molar refractivity (Wildman–Crippen MR) is 115 cm³/mol. The largest absolute Gasteiger partial charge is 0.497 e. The lowest BCUT2D eigenvalue weighted by Crippen LogP contribution is -2.43. The Hall–Kier alpha value is -3.85. The van der Waals surface area contributed by atoms with E-state index in [4.69, 9.17) is 4.74 Å². The van der Waals surface area contributed by atoms with Gasteiger partial charge >= 0.3 is 6.18 Å². The van der Waals surface area contributed by atoms with Crippen LogP contribution >= 0.6 is 0 Å². The number of alkyl halides is 3. The molecule has 0 spiro atoms. The number of hydrogen-bond acceptors (Lipinski definition) is 3. The molecule has 2 aromatic heterocycles. The Morgan fingerprint density at radius 3 is 2.45 bits per heavy atom. The molecule has 1 atom stereocenters. The van der Waals surface area contributed by atoms with Gasteiger partial charge in [0.15, 0.2) is 0 Å². The van der Waals surface area contributed by atoms with E-state index in [9.17, 15) is 22.7 Å². The summed E-state index contributed by atoms with van der Waals surface area (Å²) >= 11 is 0. The summed E-state index contributed by atoms with van der Waals surface area (Å²) in [5, 5.41) is 16.0. The van der Waals surface area contributed by atoms with Crippen LogP contribution in [-0.4, -0.2) is 33.2 Å². The Balaban J connectivity index is 1.67. The zero-order valence-electron chi connectivity index (χ0n) is 17.2. The molecule has 168 valence electrons. The molecule has 2 N–H and O–H groups in total. The Morgan fingerprint density at radius 2 is 1.76 bits per heavy atom. The van der Waals surface area contributed by atoms with Gasteiger partial charge in [-0.2, -0.15) is 18.3 Å². The van der Waals surface area contributed by atoms with Crippen LogP contribution in [0, 0.1) is 5.82 Å². The molecule has 0 fully saturated rings. The lowest BCUT2D eigenvalue weighted by molar-refractivity contribution is -0.247. The Morgan fingerprint density at radius 1 is 1.00 bits per heavy atom. The molecule has 33 heavy (non-hydrogen) atoms. The highest BCUT2D eigenvalue weighted by atomic mass is 19.4. The first-order chi connectivity index (χ1) is 15.7. The van der Waals surface area contributed by atoms with Crippen LogP contribution < -0.4 is 4.74 Å². The number of nitrogens with one attached hydrogen (secondary N) is 1. The molecule has 5 rings (SSSR count). The molecule has 0 bridgehead atoms. The second-order valence-corrected chi connectivity index (χ2v) is 7.63. The van der Waals surface area contributed by atoms with Crippen LogP contribution in [0.3, 0.4) is 0 Å². The van der Waals surface area contributed by atoms with Crippen molar-refractivity contribution in [3.05, 3.63) is 90.0 Å². The normalized spacial score (nSPS) is 14.0. The molecule has 2 heterocycles. The van der Waals surface area contributed by atoms with Gasteiger partial charge in [-0.05, 0) is 54.1 Å². The standard InChI is InChI=1S/C24H17F4N3O2/c1-33-18-7-8-19-20(13-29-21(19)11-18)23(32,24(26,27)28)15-2-9-22-14(10-15)12-30-31(22)17-5-3-16(25)4-6-17/h2-13,29,32H,1H3. The minimum absolute atomic E-state index is 0.220.